The normalized spacial score (nSPS) is 11.1. The SMILES string of the molecule is O=C(CN(c1ccc(F)cc1)S(=O)(=O)c1ccc(F)cc1)Nc1ccc(F)cc1. The van der Waals surface area contributed by atoms with Gasteiger partial charge in [0.05, 0.1) is 10.6 Å². The van der Waals surface area contributed by atoms with Crippen molar-refractivity contribution >= 4 is 27.3 Å². The molecule has 1 N–H and O–H groups in total. The fraction of sp³-hybridized carbons (Fsp3) is 0.0500. The van der Waals surface area contributed by atoms with Crippen LogP contribution < -0.4 is 9.62 Å². The number of nitrogens with zero attached hydrogens (tertiary/aromatic N) is 1. The van der Waals surface area contributed by atoms with Crippen LogP contribution in [-0.4, -0.2) is 20.9 Å². The van der Waals surface area contributed by atoms with E-state index in [1.165, 1.54) is 24.3 Å². The molecule has 1 amide bonds. The Balaban J connectivity index is 1.92. The average molecular weight is 420 g/mol. The van der Waals surface area contributed by atoms with E-state index in [4.69, 9.17) is 0 Å². The number of sulfonamides is 1. The molecule has 3 aromatic carbocycles. The van der Waals surface area contributed by atoms with Gasteiger partial charge in [0.15, 0.2) is 0 Å². The van der Waals surface area contributed by atoms with Gasteiger partial charge in [-0.25, -0.2) is 21.6 Å². The maximum atomic E-state index is 13.3. The maximum Gasteiger partial charge on any atom is 0.264 e. The zero-order chi connectivity index (χ0) is 21.0. The Morgan fingerprint density at radius 2 is 1.21 bits per heavy atom. The summed E-state index contributed by atoms with van der Waals surface area (Å²) >= 11 is 0. The highest BCUT2D eigenvalue weighted by Gasteiger charge is 2.27. The predicted molar refractivity (Wildman–Crippen MR) is 102 cm³/mol. The van der Waals surface area contributed by atoms with E-state index in [0.29, 0.717) is 0 Å². The van der Waals surface area contributed by atoms with Crippen molar-refractivity contribution in [2.24, 2.45) is 0 Å². The minimum atomic E-state index is -4.25. The summed E-state index contributed by atoms with van der Waals surface area (Å²) in [5, 5.41) is 2.47. The van der Waals surface area contributed by atoms with Gasteiger partial charge in [-0.15, -0.1) is 0 Å². The Morgan fingerprint density at radius 3 is 1.72 bits per heavy atom. The predicted octanol–water partition coefficient (Wildman–Crippen LogP) is 3.94. The van der Waals surface area contributed by atoms with Crippen LogP contribution >= 0.6 is 0 Å². The fourth-order valence-corrected chi connectivity index (χ4v) is 3.94. The van der Waals surface area contributed by atoms with Crippen LogP contribution in [0.3, 0.4) is 0 Å². The minimum Gasteiger partial charge on any atom is -0.325 e. The van der Waals surface area contributed by atoms with Crippen LogP contribution in [0, 0.1) is 17.5 Å². The second-order valence-corrected chi connectivity index (χ2v) is 7.86. The number of carbonyl (C=O) groups is 1. The molecule has 0 bridgehead atoms. The number of benzene rings is 3. The molecule has 0 aliphatic rings. The third-order valence-corrected chi connectivity index (χ3v) is 5.72. The summed E-state index contributed by atoms with van der Waals surface area (Å²) in [4.78, 5) is 12.2. The first-order chi connectivity index (χ1) is 13.8. The van der Waals surface area contributed by atoms with Gasteiger partial charge in [-0.1, -0.05) is 0 Å². The molecule has 0 spiro atoms. The summed E-state index contributed by atoms with van der Waals surface area (Å²) in [5.41, 5.74) is 0.319. The lowest BCUT2D eigenvalue weighted by atomic mass is 10.3. The topological polar surface area (TPSA) is 66.5 Å². The molecule has 29 heavy (non-hydrogen) atoms. The van der Waals surface area contributed by atoms with Gasteiger partial charge in [0, 0.05) is 5.69 Å². The van der Waals surface area contributed by atoms with Gasteiger partial charge in [-0.2, -0.15) is 0 Å². The molecule has 0 aliphatic carbocycles. The first kappa shape index (κ1) is 20.4. The molecule has 0 heterocycles. The van der Waals surface area contributed by atoms with E-state index in [0.717, 1.165) is 52.8 Å². The molecular formula is C20H15F3N2O3S. The number of halogens is 3. The number of anilines is 2. The number of hydrogen-bond acceptors (Lipinski definition) is 3. The van der Waals surface area contributed by atoms with E-state index in [-0.39, 0.29) is 16.3 Å². The molecule has 5 nitrogen and oxygen atoms in total. The van der Waals surface area contributed by atoms with Crippen molar-refractivity contribution in [3.63, 3.8) is 0 Å². The molecule has 0 atom stereocenters. The van der Waals surface area contributed by atoms with Gasteiger partial charge in [-0.3, -0.25) is 9.10 Å². The van der Waals surface area contributed by atoms with Crippen molar-refractivity contribution in [1.29, 1.82) is 0 Å². The Labute approximate surface area is 165 Å². The summed E-state index contributed by atoms with van der Waals surface area (Å²) in [6.07, 6.45) is 0. The summed E-state index contributed by atoms with van der Waals surface area (Å²) in [6, 6.07) is 13.6. The van der Waals surface area contributed by atoms with Gasteiger partial charge < -0.3 is 5.32 Å². The van der Waals surface area contributed by atoms with Crippen molar-refractivity contribution in [3.8, 4) is 0 Å². The highest BCUT2D eigenvalue weighted by molar-refractivity contribution is 7.92. The summed E-state index contributed by atoms with van der Waals surface area (Å²) < 4.78 is 66.3. The Kier molecular flexibility index (Phi) is 5.88. The number of hydrogen-bond donors (Lipinski definition) is 1. The molecule has 0 fully saturated rings. The van der Waals surface area contributed by atoms with E-state index < -0.39 is 39.9 Å². The monoisotopic (exact) mass is 420 g/mol. The molecule has 0 aliphatic heterocycles. The molecule has 0 saturated carbocycles. The van der Waals surface area contributed by atoms with Gasteiger partial charge in [0.2, 0.25) is 5.91 Å². The van der Waals surface area contributed by atoms with Crippen molar-refractivity contribution in [1.82, 2.24) is 0 Å². The van der Waals surface area contributed by atoms with Gasteiger partial charge in [0.1, 0.15) is 24.0 Å². The smallest absolute Gasteiger partial charge is 0.264 e. The van der Waals surface area contributed by atoms with E-state index in [1.807, 2.05) is 0 Å². The quantitative estimate of drug-likeness (QED) is 0.657. The lowest BCUT2D eigenvalue weighted by Crippen LogP contribution is -2.38. The first-order valence-electron chi connectivity index (χ1n) is 8.35. The average Bonchev–Trinajstić information content (AvgIpc) is 2.69. The molecule has 0 aromatic heterocycles. The lowest BCUT2D eigenvalue weighted by Gasteiger charge is -2.24. The summed E-state index contributed by atoms with van der Waals surface area (Å²) in [6.45, 7) is -0.636. The van der Waals surface area contributed by atoms with Crippen molar-refractivity contribution in [2.45, 2.75) is 4.90 Å². The van der Waals surface area contributed by atoms with Crippen LogP contribution in [0.4, 0.5) is 24.5 Å². The summed E-state index contributed by atoms with van der Waals surface area (Å²) in [7, 11) is -4.25. The standard InChI is InChI=1S/C20H15F3N2O3S/c21-14-1-7-17(8-2-14)24-20(26)13-25(18-9-3-15(22)4-10-18)29(27,28)19-11-5-16(23)6-12-19/h1-12H,13H2,(H,24,26). The lowest BCUT2D eigenvalue weighted by molar-refractivity contribution is -0.114. The highest BCUT2D eigenvalue weighted by Crippen LogP contribution is 2.24. The van der Waals surface area contributed by atoms with Gasteiger partial charge in [0.25, 0.3) is 10.0 Å². The number of carbonyl (C=O) groups excluding carboxylic acids is 1. The largest absolute Gasteiger partial charge is 0.325 e. The molecule has 0 unspecified atom stereocenters. The number of amides is 1. The zero-order valence-corrected chi connectivity index (χ0v) is 15.7. The van der Waals surface area contributed by atoms with Crippen LogP contribution in [0.1, 0.15) is 0 Å². The third kappa shape index (κ3) is 4.94. The van der Waals surface area contributed by atoms with Crippen molar-refractivity contribution in [2.75, 3.05) is 16.2 Å². The van der Waals surface area contributed by atoms with E-state index in [9.17, 15) is 26.4 Å². The molecule has 150 valence electrons. The van der Waals surface area contributed by atoms with Gasteiger partial charge in [-0.05, 0) is 72.8 Å². The molecular weight excluding hydrogens is 405 g/mol. The second kappa shape index (κ2) is 8.36. The van der Waals surface area contributed by atoms with Crippen LogP contribution in [0.2, 0.25) is 0 Å². The van der Waals surface area contributed by atoms with Crippen LogP contribution in [0.25, 0.3) is 0 Å². The Hall–Kier alpha value is -3.33. The van der Waals surface area contributed by atoms with Crippen LogP contribution in [0.5, 0.6) is 0 Å². The molecule has 3 aromatic rings. The van der Waals surface area contributed by atoms with Crippen LogP contribution in [-0.2, 0) is 14.8 Å². The van der Waals surface area contributed by atoms with E-state index >= 15 is 0 Å². The fourth-order valence-electron chi connectivity index (χ4n) is 2.52. The summed E-state index contributed by atoms with van der Waals surface area (Å²) in [5.74, 6) is -2.39. The Bertz CT molecular complexity index is 1100. The first-order valence-corrected chi connectivity index (χ1v) is 9.79. The van der Waals surface area contributed by atoms with Crippen molar-refractivity contribution in [3.05, 3.63) is 90.2 Å². The van der Waals surface area contributed by atoms with Gasteiger partial charge >= 0.3 is 0 Å². The van der Waals surface area contributed by atoms with Crippen molar-refractivity contribution < 1.29 is 26.4 Å². The van der Waals surface area contributed by atoms with E-state index in [2.05, 4.69) is 5.32 Å². The molecule has 0 saturated heterocycles. The number of rotatable bonds is 6. The molecule has 3 rings (SSSR count). The van der Waals surface area contributed by atoms with E-state index in [1.54, 1.807) is 0 Å². The highest BCUT2D eigenvalue weighted by atomic mass is 32.2. The minimum absolute atomic E-state index is 0.0463. The molecule has 0 radical (unpaired) electrons. The van der Waals surface area contributed by atoms with Crippen LogP contribution in [0.15, 0.2) is 77.7 Å². The third-order valence-electron chi connectivity index (χ3n) is 3.93. The molecule has 9 heteroatoms. The second-order valence-electron chi connectivity index (χ2n) is 6.00. The Morgan fingerprint density at radius 1 is 0.759 bits per heavy atom. The number of nitrogens with one attached hydrogen (secondary N) is 1. The zero-order valence-electron chi connectivity index (χ0n) is 14.8. The maximum absolute atomic E-state index is 13.3.